The zero-order valence-corrected chi connectivity index (χ0v) is 12.6. The van der Waals surface area contributed by atoms with Crippen LogP contribution in [0.5, 0.6) is 0 Å². The molecule has 20 heavy (non-hydrogen) atoms. The number of nitrogens with two attached hydrogens (primary N) is 1. The van der Waals surface area contributed by atoms with Crippen LogP contribution in [0.2, 0.25) is 0 Å². The molecule has 0 bridgehead atoms. The van der Waals surface area contributed by atoms with Crippen molar-refractivity contribution < 1.29 is 4.39 Å². The fourth-order valence-corrected chi connectivity index (χ4v) is 2.91. The quantitative estimate of drug-likeness (QED) is 0.852. The van der Waals surface area contributed by atoms with Crippen molar-refractivity contribution in [2.75, 3.05) is 18.2 Å². The summed E-state index contributed by atoms with van der Waals surface area (Å²) in [6, 6.07) is 12.8. The minimum absolute atomic E-state index is 0.205. The first-order valence-corrected chi connectivity index (χ1v) is 7.69. The summed E-state index contributed by atoms with van der Waals surface area (Å²) < 4.78 is 12.9. The smallest absolute Gasteiger partial charge is 0.123 e. The average Bonchev–Trinajstić information content (AvgIpc) is 2.48. The molecule has 0 atom stereocenters. The molecule has 0 amide bonds. The van der Waals surface area contributed by atoms with E-state index in [1.54, 1.807) is 11.8 Å². The van der Waals surface area contributed by atoms with Gasteiger partial charge in [-0.2, -0.15) is 0 Å². The third kappa shape index (κ3) is 3.32. The van der Waals surface area contributed by atoms with Crippen molar-refractivity contribution in [3.63, 3.8) is 0 Å². The Morgan fingerprint density at radius 1 is 1.15 bits per heavy atom. The van der Waals surface area contributed by atoms with E-state index in [0.29, 0.717) is 6.54 Å². The van der Waals surface area contributed by atoms with Crippen LogP contribution in [0.1, 0.15) is 11.1 Å². The zero-order chi connectivity index (χ0) is 14.5. The van der Waals surface area contributed by atoms with Gasteiger partial charge < -0.3 is 10.6 Å². The highest BCUT2D eigenvalue weighted by molar-refractivity contribution is 7.98. The van der Waals surface area contributed by atoms with E-state index in [1.807, 2.05) is 25.2 Å². The molecule has 4 heteroatoms. The molecule has 0 saturated heterocycles. The van der Waals surface area contributed by atoms with Crippen LogP contribution in [0.3, 0.4) is 0 Å². The molecule has 0 saturated carbocycles. The summed E-state index contributed by atoms with van der Waals surface area (Å²) in [6.45, 7) is 1.24. The van der Waals surface area contributed by atoms with Crippen LogP contribution in [-0.2, 0) is 13.1 Å². The molecule has 0 aromatic heterocycles. The van der Waals surface area contributed by atoms with Crippen LogP contribution < -0.4 is 10.6 Å². The van der Waals surface area contributed by atoms with Crippen LogP contribution in [0.25, 0.3) is 0 Å². The Bertz CT molecular complexity index is 569. The van der Waals surface area contributed by atoms with Gasteiger partial charge >= 0.3 is 0 Å². The first kappa shape index (κ1) is 14.9. The molecule has 0 aliphatic carbocycles. The second-order valence-electron chi connectivity index (χ2n) is 4.64. The molecule has 2 N–H and O–H groups in total. The number of thioether (sulfide) groups is 1. The van der Waals surface area contributed by atoms with Crippen molar-refractivity contribution in [1.82, 2.24) is 0 Å². The van der Waals surface area contributed by atoms with E-state index in [-0.39, 0.29) is 5.82 Å². The zero-order valence-electron chi connectivity index (χ0n) is 11.8. The average molecular weight is 290 g/mol. The summed E-state index contributed by atoms with van der Waals surface area (Å²) in [4.78, 5) is 3.35. The van der Waals surface area contributed by atoms with Gasteiger partial charge in [-0.15, -0.1) is 11.8 Å². The van der Waals surface area contributed by atoms with E-state index in [9.17, 15) is 4.39 Å². The van der Waals surface area contributed by atoms with Gasteiger partial charge in [0.1, 0.15) is 5.82 Å². The predicted octanol–water partition coefficient (Wildman–Crippen LogP) is 3.64. The van der Waals surface area contributed by atoms with Crippen LogP contribution >= 0.6 is 11.8 Å². The van der Waals surface area contributed by atoms with Gasteiger partial charge in [-0.25, -0.2) is 4.39 Å². The molecule has 106 valence electrons. The summed E-state index contributed by atoms with van der Waals surface area (Å²) in [5, 5.41) is 0. The largest absolute Gasteiger partial charge is 0.370 e. The predicted molar refractivity (Wildman–Crippen MR) is 84.6 cm³/mol. The first-order valence-electron chi connectivity index (χ1n) is 6.47. The maximum absolute atomic E-state index is 12.9. The van der Waals surface area contributed by atoms with Gasteiger partial charge in [0.25, 0.3) is 0 Å². The minimum atomic E-state index is -0.205. The van der Waals surface area contributed by atoms with Gasteiger partial charge in [0.05, 0.1) is 0 Å². The van der Waals surface area contributed by atoms with Crippen molar-refractivity contribution in [1.29, 1.82) is 0 Å². The van der Waals surface area contributed by atoms with Gasteiger partial charge in [-0.3, -0.25) is 0 Å². The second-order valence-corrected chi connectivity index (χ2v) is 5.49. The molecule has 0 aliphatic heterocycles. The molecule has 2 nitrogen and oxygen atoms in total. The lowest BCUT2D eigenvalue weighted by molar-refractivity contribution is 0.627. The molecular weight excluding hydrogens is 271 g/mol. The van der Waals surface area contributed by atoms with E-state index >= 15 is 0 Å². The van der Waals surface area contributed by atoms with E-state index in [1.165, 1.54) is 17.0 Å². The summed E-state index contributed by atoms with van der Waals surface area (Å²) in [5.74, 6) is -0.205. The Morgan fingerprint density at radius 3 is 2.45 bits per heavy atom. The fraction of sp³-hybridized carbons (Fsp3) is 0.250. The SMILES string of the molecule is CSc1cccc(N(C)Cc2ccc(F)cc2)c1CN. The molecule has 0 heterocycles. The molecule has 0 fully saturated rings. The Balaban J connectivity index is 2.24. The Hall–Kier alpha value is -1.52. The monoisotopic (exact) mass is 290 g/mol. The molecular formula is C16H19FN2S. The normalized spacial score (nSPS) is 10.6. The second kappa shape index (κ2) is 6.77. The Labute approximate surface area is 123 Å². The van der Waals surface area contributed by atoms with Gasteiger partial charge in [-0.05, 0) is 36.1 Å². The van der Waals surface area contributed by atoms with Crippen molar-refractivity contribution in [3.05, 3.63) is 59.4 Å². The van der Waals surface area contributed by atoms with Crippen molar-refractivity contribution in [2.45, 2.75) is 18.0 Å². The number of halogens is 1. The third-order valence-electron chi connectivity index (χ3n) is 3.28. The van der Waals surface area contributed by atoms with Crippen molar-refractivity contribution in [3.8, 4) is 0 Å². The van der Waals surface area contributed by atoms with Crippen LogP contribution in [-0.4, -0.2) is 13.3 Å². The number of hydrogen-bond donors (Lipinski definition) is 1. The summed E-state index contributed by atoms with van der Waals surface area (Å²) in [5.41, 5.74) is 9.25. The summed E-state index contributed by atoms with van der Waals surface area (Å²) >= 11 is 1.70. The summed E-state index contributed by atoms with van der Waals surface area (Å²) in [7, 11) is 2.03. The highest BCUT2D eigenvalue weighted by Crippen LogP contribution is 2.29. The molecule has 0 unspecified atom stereocenters. The number of benzene rings is 2. The van der Waals surface area contributed by atoms with Gasteiger partial charge in [0, 0.05) is 36.3 Å². The fourth-order valence-electron chi connectivity index (χ4n) is 2.26. The van der Waals surface area contributed by atoms with E-state index in [4.69, 9.17) is 5.73 Å². The van der Waals surface area contributed by atoms with Crippen LogP contribution in [0.15, 0.2) is 47.4 Å². The molecule has 2 aromatic carbocycles. The number of hydrogen-bond acceptors (Lipinski definition) is 3. The van der Waals surface area contributed by atoms with E-state index < -0.39 is 0 Å². The lowest BCUT2D eigenvalue weighted by Gasteiger charge is -2.23. The van der Waals surface area contributed by atoms with Gasteiger partial charge in [0.2, 0.25) is 0 Å². The highest BCUT2D eigenvalue weighted by atomic mass is 32.2. The number of rotatable bonds is 5. The molecule has 2 rings (SSSR count). The molecule has 0 aliphatic rings. The van der Waals surface area contributed by atoms with Gasteiger partial charge in [-0.1, -0.05) is 18.2 Å². The van der Waals surface area contributed by atoms with Crippen LogP contribution in [0, 0.1) is 5.82 Å². The van der Waals surface area contributed by atoms with E-state index in [2.05, 4.69) is 23.3 Å². The first-order chi connectivity index (χ1) is 9.65. The molecule has 0 radical (unpaired) electrons. The molecule has 2 aromatic rings. The van der Waals surface area contributed by atoms with Crippen molar-refractivity contribution in [2.24, 2.45) is 5.73 Å². The standard InChI is InChI=1S/C16H19FN2S/c1-19(11-12-6-8-13(17)9-7-12)15-4-3-5-16(20-2)14(15)10-18/h3-9H,10-11,18H2,1-2H3. The maximum atomic E-state index is 12.9. The maximum Gasteiger partial charge on any atom is 0.123 e. The number of anilines is 1. The topological polar surface area (TPSA) is 29.3 Å². The lowest BCUT2D eigenvalue weighted by Crippen LogP contribution is -2.19. The van der Waals surface area contributed by atoms with Crippen LogP contribution in [0.4, 0.5) is 10.1 Å². The Morgan fingerprint density at radius 2 is 1.85 bits per heavy atom. The highest BCUT2D eigenvalue weighted by Gasteiger charge is 2.10. The Kier molecular flexibility index (Phi) is 5.04. The van der Waals surface area contributed by atoms with Gasteiger partial charge in [0.15, 0.2) is 0 Å². The van der Waals surface area contributed by atoms with E-state index in [0.717, 1.165) is 23.4 Å². The minimum Gasteiger partial charge on any atom is -0.370 e. The summed E-state index contributed by atoms with van der Waals surface area (Å²) in [6.07, 6.45) is 2.05. The third-order valence-corrected chi connectivity index (χ3v) is 4.10. The molecule has 0 spiro atoms. The van der Waals surface area contributed by atoms with Crippen molar-refractivity contribution >= 4 is 17.4 Å². The lowest BCUT2D eigenvalue weighted by atomic mass is 10.1. The number of nitrogens with zero attached hydrogens (tertiary/aromatic N) is 1.